The van der Waals surface area contributed by atoms with Crippen LogP contribution in [0.25, 0.3) is 0 Å². The standard InChI is InChI=1S/C13H22N4/c1-3-7-15-12-9-14-10-13(16-12)17-8-5-6-11(17)4-2/h9-11H,3-8H2,1-2H3,(H,15,16). The molecule has 0 saturated carbocycles. The van der Waals surface area contributed by atoms with Crippen molar-refractivity contribution in [3.63, 3.8) is 0 Å². The third-order valence-electron chi connectivity index (χ3n) is 3.32. The number of hydrogen-bond donors (Lipinski definition) is 1. The first kappa shape index (κ1) is 12.1. The maximum atomic E-state index is 4.64. The molecule has 4 nitrogen and oxygen atoms in total. The van der Waals surface area contributed by atoms with Crippen LogP contribution in [0.3, 0.4) is 0 Å². The van der Waals surface area contributed by atoms with Gasteiger partial charge in [-0.3, -0.25) is 4.98 Å². The Bertz CT molecular complexity index is 353. The first-order valence-corrected chi connectivity index (χ1v) is 6.67. The van der Waals surface area contributed by atoms with Gasteiger partial charge in [0.15, 0.2) is 0 Å². The quantitative estimate of drug-likeness (QED) is 0.850. The molecule has 0 aliphatic carbocycles. The van der Waals surface area contributed by atoms with Gasteiger partial charge in [-0.25, -0.2) is 4.98 Å². The lowest BCUT2D eigenvalue weighted by atomic mass is 10.2. The Morgan fingerprint density at radius 1 is 1.41 bits per heavy atom. The van der Waals surface area contributed by atoms with Crippen LogP contribution in [0.4, 0.5) is 11.6 Å². The van der Waals surface area contributed by atoms with Gasteiger partial charge in [0.25, 0.3) is 0 Å². The van der Waals surface area contributed by atoms with Crippen molar-refractivity contribution < 1.29 is 0 Å². The summed E-state index contributed by atoms with van der Waals surface area (Å²) in [4.78, 5) is 11.3. The van der Waals surface area contributed by atoms with Crippen molar-refractivity contribution in [1.82, 2.24) is 9.97 Å². The van der Waals surface area contributed by atoms with E-state index in [2.05, 4.69) is 34.0 Å². The van der Waals surface area contributed by atoms with Crippen molar-refractivity contribution in [2.24, 2.45) is 0 Å². The zero-order valence-corrected chi connectivity index (χ0v) is 10.8. The summed E-state index contributed by atoms with van der Waals surface area (Å²) in [6, 6.07) is 0.644. The number of rotatable bonds is 5. The van der Waals surface area contributed by atoms with Gasteiger partial charge in [-0.1, -0.05) is 13.8 Å². The van der Waals surface area contributed by atoms with Crippen LogP contribution in [0.2, 0.25) is 0 Å². The zero-order valence-electron chi connectivity index (χ0n) is 10.8. The highest BCUT2D eigenvalue weighted by Crippen LogP contribution is 2.25. The summed E-state index contributed by atoms with van der Waals surface area (Å²) in [6.07, 6.45) is 8.53. The number of aromatic nitrogens is 2. The third kappa shape index (κ3) is 2.87. The van der Waals surface area contributed by atoms with Gasteiger partial charge in [0.1, 0.15) is 11.6 Å². The van der Waals surface area contributed by atoms with Gasteiger partial charge < -0.3 is 10.2 Å². The highest BCUT2D eigenvalue weighted by molar-refractivity contribution is 5.45. The fourth-order valence-corrected chi connectivity index (χ4v) is 2.39. The fraction of sp³-hybridized carbons (Fsp3) is 0.692. The minimum atomic E-state index is 0.644. The van der Waals surface area contributed by atoms with E-state index in [1.54, 1.807) is 6.20 Å². The predicted molar refractivity (Wildman–Crippen MR) is 71.5 cm³/mol. The number of anilines is 2. The molecule has 94 valence electrons. The Balaban J connectivity index is 2.09. The van der Waals surface area contributed by atoms with E-state index in [1.165, 1.54) is 19.3 Å². The molecule has 1 N–H and O–H groups in total. The highest BCUT2D eigenvalue weighted by Gasteiger charge is 2.24. The minimum absolute atomic E-state index is 0.644. The van der Waals surface area contributed by atoms with E-state index in [9.17, 15) is 0 Å². The van der Waals surface area contributed by atoms with Crippen molar-refractivity contribution in [1.29, 1.82) is 0 Å². The van der Waals surface area contributed by atoms with Crippen LogP contribution in [0.1, 0.15) is 39.5 Å². The summed E-state index contributed by atoms with van der Waals surface area (Å²) in [5, 5.41) is 3.29. The van der Waals surface area contributed by atoms with Gasteiger partial charge in [-0.2, -0.15) is 0 Å². The Labute approximate surface area is 103 Å². The van der Waals surface area contributed by atoms with Crippen LogP contribution in [0.5, 0.6) is 0 Å². The monoisotopic (exact) mass is 234 g/mol. The molecule has 17 heavy (non-hydrogen) atoms. The molecule has 4 heteroatoms. The predicted octanol–water partition coefficient (Wildman–Crippen LogP) is 2.68. The van der Waals surface area contributed by atoms with E-state index in [1.807, 2.05) is 6.20 Å². The molecule has 1 aliphatic heterocycles. The molecule has 1 atom stereocenters. The minimum Gasteiger partial charge on any atom is -0.369 e. The summed E-state index contributed by atoms with van der Waals surface area (Å²) in [5.74, 6) is 1.92. The molecule has 2 rings (SSSR count). The number of nitrogens with zero attached hydrogens (tertiary/aromatic N) is 3. The largest absolute Gasteiger partial charge is 0.369 e. The molecule has 1 aromatic heterocycles. The average molecular weight is 234 g/mol. The van der Waals surface area contributed by atoms with E-state index >= 15 is 0 Å². The molecule has 1 fully saturated rings. The summed E-state index contributed by atoms with van der Waals surface area (Å²) in [7, 11) is 0. The summed E-state index contributed by atoms with van der Waals surface area (Å²) in [5.41, 5.74) is 0. The Hall–Kier alpha value is -1.32. The lowest BCUT2D eigenvalue weighted by Crippen LogP contribution is -2.29. The van der Waals surface area contributed by atoms with Gasteiger partial charge in [0.2, 0.25) is 0 Å². The maximum absolute atomic E-state index is 4.64. The number of nitrogens with one attached hydrogen (secondary N) is 1. The van der Waals surface area contributed by atoms with Crippen LogP contribution >= 0.6 is 0 Å². The molecule has 1 saturated heterocycles. The normalized spacial score (nSPS) is 19.6. The van der Waals surface area contributed by atoms with Gasteiger partial charge in [0.05, 0.1) is 12.4 Å². The van der Waals surface area contributed by atoms with Crippen LogP contribution in [-0.4, -0.2) is 29.1 Å². The van der Waals surface area contributed by atoms with E-state index in [0.29, 0.717) is 6.04 Å². The van der Waals surface area contributed by atoms with Crippen LogP contribution in [0.15, 0.2) is 12.4 Å². The smallest absolute Gasteiger partial charge is 0.149 e. The Kier molecular flexibility index (Phi) is 4.18. The van der Waals surface area contributed by atoms with Crippen molar-refractivity contribution in [3.05, 3.63) is 12.4 Å². The van der Waals surface area contributed by atoms with E-state index < -0.39 is 0 Å². The molecule has 2 heterocycles. The first-order chi connectivity index (χ1) is 8.35. The SMILES string of the molecule is CCCNc1cncc(N2CCCC2CC)n1. The second kappa shape index (κ2) is 5.84. The second-order valence-electron chi connectivity index (χ2n) is 4.59. The van der Waals surface area contributed by atoms with Crippen molar-refractivity contribution >= 4 is 11.6 Å². The fourth-order valence-electron chi connectivity index (χ4n) is 2.39. The Morgan fingerprint density at radius 2 is 2.29 bits per heavy atom. The molecule has 0 spiro atoms. The van der Waals surface area contributed by atoms with Crippen LogP contribution in [-0.2, 0) is 0 Å². The molecule has 1 unspecified atom stereocenters. The first-order valence-electron chi connectivity index (χ1n) is 6.67. The molecule has 1 aliphatic rings. The highest BCUT2D eigenvalue weighted by atomic mass is 15.2. The molecule has 0 bridgehead atoms. The van der Waals surface area contributed by atoms with E-state index in [0.717, 1.165) is 31.1 Å². The molecule has 1 aromatic rings. The van der Waals surface area contributed by atoms with E-state index in [-0.39, 0.29) is 0 Å². The molecule has 0 amide bonds. The molecular weight excluding hydrogens is 212 g/mol. The van der Waals surface area contributed by atoms with Gasteiger partial charge in [0, 0.05) is 19.1 Å². The maximum Gasteiger partial charge on any atom is 0.149 e. The second-order valence-corrected chi connectivity index (χ2v) is 4.59. The van der Waals surface area contributed by atoms with Crippen LogP contribution < -0.4 is 10.2 Å². The lowest BCUT2D eigenvalue weighted by Gasteiger charge is -2.24. The molecular formula is C13H22N4. The molecule has 0 aromatic carbocycles. The summed E-state index contributed by atoms with van der Waals surface area (Å²) >= 11 is 0. The summed E-state index contributed by atoms with van der Waals surface area (Å²) in [6.45, 7) is 6.47. The van der Waals surface area contributed by atoms with Gasteiger partial charge >= 0.3 is 0 Å². The summed E-state index contributed by atoms with van der Waals surface area (Å²) < 4.78 is 0. The molecule has 0 radical (unpaired) electrons. The van der Waals surface area contributed by atoms with Crippen molar-refractivity contribution in [3.8, 4) is 0 Å². The average Bonchev–Trinajstić information content (AvgIpc) is 2.85. The number of hydrogen-bond acceptors (Lipinski definition) is 4. The lowest BCUT2D eigenvalue weighted by molar-refractivity contribution is 0.640. The third-order valence-corrected chi connectivity index (χ3v) is 3.32. The Morgan fingerprint density at radius 3 is 3.06 bits per heavy atom. The topological polar surface area (TPSA) is 41.1 Å². The van der Waals surface area contributed by atoms with Gasteiger partial charge in [-0.15, -0.1) is 0 Å². The van der Waals surface area contributed by atoms with Crippen LogP contribution in [0, 0.1) is 0 Å². The van der Waals surface area contributed by atoms with Gasteiger partial charge in [-0.05, 0) is 25.7 Å². The van der Waals surface area contributed by atoms with Crippen molar-refractivity contribution in [2.75, 3.05) is 23.3 Å². The zero-order chi connectivity index (χ0) is 12.1. The van der Waals surface area contributed by atoms with Crippen molar-refractivity contribution in [2.45, 2.75) is 45.6 Å². The van der Waals surface area contributed by atoms with E-state index in [4.69, 9.17) is 0 Å².